The molecule has 0 saturated carbocycles. The van der Waals surface area contributed by atoms with E-state index >= 15 is 0 Å². The maximum atomic E-state index is 10.2. The normalized spacial score (nSPS) is 19.2. The summed E-state index contributed by atoms with van der Waals surface area (Å²) in [4.78, 5) is 17.4. The number of epoxide rings is 2. The molecule has 0 bridgehead atoms. The van der Waals surface area contributed by atoms with Crippen molar-refractivity contribution < 1.29 is 28.5 Å². The van der Waals surface area contributed by atoms with Gasteiger partial charge in [0.25, 0.3) is 0 Å². The number of esters is 1. The van der Waals surface area contributed by atoms with Crippen LogP contribution in [-0.2, 0) is 30.8 Å². The number of aromatic amines is 1. The van der Waals surface area contributed by atoms with E-state index in [-0.39, 0.29) is 23.6 Å². The molecule has 3 aliphatic heterocycles. The zero-order valence-electron chi connectivity index (χ0n) is 24.1. The summed E-state index contributed by atoms with van der Waals surface area (Å²) in [6.45, 7) is 12.1. The van der Waals surface area contributed by atoms with Gasteiger partial charge in [-0.15, -0.1) is 0 Å². The van der Waals surface area contributed by atoms with E-state index in [0.717, 1.165) is 55.5 Å². The summed E-state index contributed by atoms with van der Waals surface area (Å²) in [6.07, 6.45) is 6.09. The van der Waals surface area contributed by atoms with Crippen LogP contribution >= 0.6 is 0 Å². The van der Waals surface area contributed by atoms with E-state index in [1.807, 2.05) is 37.4 Å². The summed E-state index contributed by atoms with van der Waals surface area (Å²) in [7, 11) is 0. The SMILES string of the molecule is CC(C)(c1ccc(OCC2CO2)cc1)c1ccc(OCC2CO2)cc1.CCc1ncc(C)[nH]1.O=C1CCCCO1. The number of hydrogen-bond acceptors (Lipinski definition) is 7. The van der Waals surface area contributed by atoms with Crippen LogP contribution in [0, 0.1) is 6.92 Å². The van der Waals surface area contributed by atoms with Gasteiger partial charge >= 0.3 is 5.97 Å². The number of carbonyl (C=O) groups excluding carboxylic acids is 1. The lowest BCUT2D eigenvalue weighted by molar-refractivity contribution is -0.146. The number of rotatable bonds is 9. The number of nitrogens with zero attached hydrogens (tertiary/aromatic N) is 1. The molecule has 3 aliphatic rings. The zero-order chi connectivity index (χ0) is 28.4. The standard InChI is InChI=1S/C21H24O4.C6H10N2.C5H8O2/c1-21(2,15-3-7-17(8-4-15)22-11-19-13-24-19)16-5-9-18(10-6-16)23-12-20-14-25-20;1-3-6-7-4-5(2)8-6;6-5-3-1-2-4-7-5/h3-10,19-20H,11-14H2,1-2H3;4H,3H2,1-2H3,(H,7,8);1-4H2. The van der Waals surface area contributed by atoms with Crippen LogP contribution in [0.15, 0.2) is 54.7 Å². The molecular formula is C32H42N2O6. The number of aromatic nitrogens is 2. The first-order valence-electron chi connectivity index (χ1n) is 14.2. The molecule has 0 amide bonds. The number of H-pyrrole nitrogens is 1. The quantitative estimate of drug-likeness (QED) is 0.275. The molecule has 2 unspecified atom stereocenters. The van der Waals surface area contributed by atoms with Crippen molar-refractivity contribution in [2.24, 2.45) is 0 Å². The van der Waals surface area contributed by atoms with Crippen LogP contribution in [0.1, 0.15) is 62.7 Å². The van der Waals surface area contributed by atoms with E-state index in [2.05, 4.69) is 59.7 Å². The van der Waals surface area contributed by atoms with Crippen molar-refractivity contribution >= 4 is 5.97 Å². The minimum absolute atomic E-state index is 0.0359. The molecule has 4 heterocycles. The third kappa shape index (κ3) is 9.68. The molecule has 6 rings (SSSR count). The number of aryl methyl sites for hydroxylation is 2. The number of ether oxygens (including phenoxy) is 5. The van der Waals surface area contributed by atoms with Gasteiger partial charge in [0.05, 0.1) is 19.8 Å². The van der Waals surface area contributed by atoms with E-state index in [1.54, 1.807) is 0 Å². The van der Waals surface area contributed by atoms with Crippen LogP contribution in [0.5, 0.6) is 11.5 Å². The predicted molar refractivity (Wildman–Crippen MR) is 153 cm³/mol. The number of cyclic esters (lactones) is 1. The fourth-order valence-electron chi connectivity index (χ4n) is 4.09. The number of imidazole rings is 1. The monoisotopic (exact) mass is 550 g/mol. The maximum absolute atomic E-state index is 10.2. The highest BCUT2D eigenvalue weighted by atomic mass is 16.6. The Balaban J connectivity index is 0.000000200. The lowest BCUT2D eigenvalue weighted by Gasteiger charge is -2.26. The van der Waals surface area contributed by atoms with Crippen LogP contribution in [0.3, 0.4) is 0 Å². The molecule has 0 aliphatic carbocycles. The highest BCUT2D eigenvalue weighted by molar-refractivity contribution is 5.69. The topological polar surface area (TPSA) is 98.5 Å². The van der Waals surface area contributed by atoms with Crippen LogP contribution in [0.4, 0.5) is 0 Å². The van der Waals surface area contributed by atoms with Gasteiger partial charge in [-0.1, -0.05) is 45.0 Å². The van der Waals surface area contributed by atoms with Crippen molar-refractivity contribution in [1.82, 2.24) is 9.97 Å². The highest BCUT2D eigenvalue weighted by Gasteiger charge is 2.25. The summed E-state index contributed by atoms with van der Waals surface area (Å²) in [5, 5.41) is 0. The average Bonchev–Trinajstić information content (AvgIpc) is 3.92. The van der Waals surface area contributed by atoms with Crippen molar-refractivity contribution in [3.05, 3.63) is 77.4 Å². The Morgan fingerprint density at radius 2 is 1.43 bits per heavy atom. The first-order valence-corrected chi connectivity index (χ1v) is 14.2. The van der Waals surface area contributed by atoms with E-state index in [4.69, 9.17) is 18.9 Å². The van der Waals surface area contributed by atoms with Gasteiger partial charge in [-0.2, -0.15) is 0 Å². The van der Waals surface area contributed by atoms with Crippen molar-refractivity contribution in [2.45, 2.75) is 71.0 Å². The molecule has 1 aromatic heterocycles. The fraction of sp³-hybridized carbons (Fsp3) is 0.500. The van der Waals surface area contributed by atoms with Crippen LogP contribution in [-0.4, -0.2) is 61.2 Å². The number of hydrogen-bond donors (Lipinski definition) is 1. The molecule has 8 heteroatoms. The maximum Gasteiger partial charge on any atom is 0.305 e. The Hall–Kier alpha value is -3.36. The van der Waals surface area contributed by atoms with Crippen LogP contribution in [0.25, 0.3) is 0 Å². The highest BCUT2D eigenvalue weighted by Crippen LogP contribution is 2.33. The van der Waals surface area contributed by atoms with Gasteiger partial charge in [-0.05, 0) is 55.2 Å². The number of benzene rings is 2. The molecule has 216 valence electrons. The Morgan fingerprint density at radius 1 is 0.900 bits per heavy atom. The molecule has 1 N–H and O–H groups in total. The first kappa shape index (κ1) is 29.6. The van der Waals surface area contributed by atoms with Gasteiger partial charge in [0, 0.05) is 30.1 Å². The molecule has 2 aromatic carbocycles. The van der Waals surface area contributed by atoms with Crippen LogP contribution < -0.4 is 9.47 Å². The van der Waals surface area contributed by atoms with E-state index in [0.29, 0.717) is 26.2 Å². The Kier molecular flexibility index (Phi) is 10.6. The molecule has 40 heavy (non-hydrogen) atoms. The lowest BCUT2D eigenvalue weighted by Crippen LogP contribution is -2.18. The zero-order valence-corrected chi connectivity index (χ0v) is 24.1. The Bertz CT molecular complexity index is 1110. The molecule has 3 aromatic rings. The lowest BCUT2D eigenvalue weighted by atomic mass is 9.78. The molecule has 2 atom stereocenters. The Morgan fingerprint density at radius 3 is 1.73 bits per heavy atom. The van der Waals surface area contributed by atoms with Crippen molar-refractivity contribution in [3.63, 3.8) is 0 Å². The molecular weight excluding hydrogens is 508 g/mol. The smallest absolute Gasteiger partial charge is 0.305 e. The third-order valence-corrected chi connectivity index (χ3v) is 6.96. The number of carbonyl (C=O) groups is 1. The Labute approximate surface area is 237 Å². The van der Waals surface area contributed by atoms with Gasteiger partial charge in [-0.3, -0.25) is 4.79 Å². The first-order chi connectivity index (χ1) is 19.3. The van der Waals surface area contributed by atoms with Crippen molar-refractivity contribution in [3.8, 4) is 11.5 Å². The fourth-order valence-corrected chi connectivity index (χ4v) is 4.09. The van der Waals surface area contributed by atoms with E-state index in [1.165, 1.54) is 11.1 Å². The van der Waals surface area contributed by atoms with Gasteiger partial charge in [0.2, 0.25) is 0 Å². The predicted octanol–water partition coefficient (Wildman–Crippen LogP) is 5.56. The van der Waals surface area contributed by atoms with Gasteiger partial charge in [-0.25, -0.2) is 4.98 Å². The summed E-state index contributed by atoms with van der Waals surface area (Å²) >= 11 is 0. The average molecular weight is 551 g/mol. The second-order valence-electron chi connectivity index (χ2n) is 10.8. The summed E-state index contributed by atoms with van der Waals surface area (Å²) in [6, 6.07) is 16.7. The van der Waals surface area contributed by atoms with Gasteiger partial charge in [0.15, 0.2) is 0 Å². The minimum atomic E-state index is -0.0870. The minimum Gasteiger partial charge on any atom is -0.491 e. The summed E-state index contributed by atoms with van der Waals surface area (Å²) < 4.78 is 26.4. The van der Waals surface area contributed by atoms with Gasteiger partial charge < -0.3 is 28.7 Å². The second-order valence-corrected chi connectivity index (χ2v) is 10.8. The third-order valence-electron chi connectivity index (χ3n) is 6.96. The largest absolute Gasteiger partial charge is 0.491 e. The van der Waals surface area contributed by atoms with Crippen molar-refractivity contribution in [1.29, 1.82) is 0 Å². The molecule has 0 spiro atoms. The second kappa shape index (κ2) is 14.3. The van der Waals surface area contributed by atoms with E-state index < -0.39 is 0 Å². The van der Waals surface area contributed by atoms with Gasteiger partial charge in [0.1, 0.15) is 42.7 Å². The molecule has 3 fully saturated rings. The van der Waals surface area contributed by atoms with Crippen LogP contribution in [0.2, 0.25) is 0 Å². The summed E-state index contributed by atoms with van der Waals surface area (Å²) in [5.41, 5.74) is 3.56. The van der Waals surface area contributed by atoms with Crippen molar-refractivity contribution in [2.75, 3.05) is 33.0 Å². The molecule has 8 nitrogen and oxygen atoms in total. The molecule has 0 radical (unpaired) electrons. The van der Waals surface area contributed by atoms with E-state index in [9.17, 15) is 4.79 Å². The molecule has 3 saturated heterocycles. The number of nitrogens with one attached hydrogen (secondary N) is 1. The summed E-state index contributed by atoms with van der Waals surface area (Å²) in [5.74, 6) is 2.82.